The van der Waals surface area contributed by atoms with Crippen molar-refractivity contribution in [2.75, 3.05) is 11.2 Å². The van der Waals surface area contributed by atoms with Crippen molar-refractivity contribution in [2.24, 2.45) is 0 Å². The maximum absolute atomic E-state index is 13.2. The molecule has 8 heteroatoms. The lowest BCUT2D eigenvalue weighted by Gasteiger charge is -2.32. The van der Waals surface area contributed by atoms with E-state index >= 15 is 0 Å². The topological polar surface area (TPSA) is 69.9 Å². The second-order valence-electron chi connectivity index (χ2n) is 7.25. The number of thioether (sulfide) groups is 1. The van der Waals surface area contributed by atoms with Gasteiger partial charge in [0.05, 0.1) is 16.8 Å². The largest absolute Gasteiger partial charge is 0.325 e. The minimum atomic E-state index is -0.625. The van der Waals surface area contributed by atoms with Gasteiger partial charge in [0.2, 0.25) is 11.1 Å². The van der Waals surface area contributed by atoms with Crippen molar-refractivity contribution in [1.82, 2.24) is 10.1 Å². The maximum Gasteiger partial charge on any atom is 0.325 e. The predicted octanol–water partition coefficient (Wildman–Crippen LogP) is 4.17. The summed E-state index contributed by atoms with van der Waals surface area (Å²) in [5, 5.41) is 7.68. The molecule has 1 aliphatic rings. The van der Waals surface area contributed by atoms with E-state index in [4.69, 9.17) is 16.7 Å². The second kappa shape index (κ2) is 7.51. The van der Waals surface area contributed by atoms with Gasteiger partial charge in [-0.05, 0) is 46.0 Å². The van der Waals surface area contributed by atoms with Crippen LogP contribution in [0, 0.1) is 0 Å². The molecule has 0 unspecified atom stereocenters. The minimum absolute atomic E-state index is 0.160. The number of H-pyrrole nitrogens is 1. The van der Waals surface area contributed by atoms with Crippen LogP contribution in [0.1, 0.15) is 18.7 Å². The van der Waals surface area contributed by atoms with E-state index in [2.05, 4.69) is 4.98 Å². The number of nitrogens with zero attached hydrogens (tertiary/aromatic N) is 3. The summed E-state index contributed by atoms with van der Waals surface area (Å²) in [4.78, 5) is 30.6. The summed E-state index contributed by atoms with van der Waals surface area (Å²) in [5.41, 5.74) is 2.16. The summed E-state index contributed by atoms with van der Waals surface area (Å²) in [7, 11) is 0. The normalized spacial score (nSPS) is 14.9. The Morgan fingerprint density at radius 1 is 1.16 bits per heavy atom. The van der Waals surface area contributed by atoms with E-state index < -0.39 is 6.17 Å². The van der Waals surface area contributed by atoms with E-state index in [1.165, 1.54) is 18.7 Å². The van der Waals surface area contributed by atoms with Gasteiger partial charge in [0.15, 0.2) is 0 Å². The van der Waals surface area contributed by atoms with Crippen molar-refractivity contribution in [2.45, 2.75) is 18.2 Å². The zero-order chi connectivity index (χ0) is 21.7. The average molecular weight is 450 g/mol. The highest BCUT2D eigenvalue weighted by Crippen LogP contribution is 2.40. The average Bonchev–Trinajstić information content (AvgIpc) is 2.77. The summed E-state index contributed by atoms with van der Waals surface area (Å²) in [6.07, 6.45) is 1.22. The SMILES string of the molecule is CSc1n[n+]2c(c(=O)[nH]1)-c1cc(Cl)ccc1N(C(C)=O)[C@H]2c1cccc2ccccc12. The van der Waals surface area contributed by atoms with Crippen molar-refractivity contribution in [3.8, 4) is 11.3 Å². The van der Waals surface area contributed by atoms with Crippen molar-refractivity contribution in [3.05, 3.63) is 81.6 Å². The van der Waals surface area contributed by atoms with Gasteiger partial charge in [-0.1, -0.05) is 59.8 Å². The summed E-state index contributed by atoms with van der Waals surface area (Å²) in [5.74, 6) is -0.160. The van der Waals surface area contributed by atoms with Crippen LogP contribution in [-0.2, 0) is 4.79 Å². The van der Waals surface area contributed by atoms with E-state index in [0.717, 1.165) is 16.3 Å². The molecule has 2 heterocycles. The number of nitrogens with one attached hydrogen (secondary N) is 1. The van der Waals surface area contributed by atoms with Gasteiger partial charge in [0.1, 0.15) is 0 Å². The van der Waals surface area contributed by atoms with E-state index in [1.807, 2.05) is 48.7 Å². The number of amides is 1. The molecule has 0 spiro atoms. The zero-order valence-corrected chi connectivity index (χ0v) is 18.4. The van der Waals surface area contributed by atoms with Crippen LogP contribution < -0.4 is 15.1 Å². The summed E-state index contributed by atoms with van der Waals surface area (Å²) >= 11 is 7.60. The molecule has 1 atom stereocenters. The fourth-order valence-corrected chi connectivity index (χ4v) is 4.72. The van der Waals surface area contributed by atoms with Crippen LogP contribution in [0.4, 0.5) is 5.69 Å². The van der Waals surface area contributed by atoms with Crippen molar-refractivity contribution in [1.29, 1.82) is 0 Å². The lowest BCUT2D eigenvalue weighted by Crippen LogP contribution is -2.60. The molecule has 0 fully saturated rings. The van der Waals surface area contributed by atoms with Crippen LogP contribution in [0.2, 0.25) is 5.02 Å². The molecule has 5 rings (SSSR count). The molecule has 4 aromatic rings. The van der Waals surface area contributed by atoms with Gasteiger partial charge in [-0.15, -0.1) is 0 Å². The number of hydrogen-bond donors (Lipinski definition) is 1. The molecule has 31 heavy (non-hydrogen) atoms. The highest BCUT2D eigenvalue weighted by Gasteiger charge is 2.45. The van der Waals surface area contributed by atoms with Crippen LogP contribution in [0.5, 0.6) is 0 Å². The zero-order valence-electron chi connectivity index (χ0n) is 16.8. The maximum atomic E-state index is 13.2. The molecule has 3 aromatic carbocycles. The number of aromatic nitrogens is 3. The summed E-state index contributed by atoms with van der Waals surface area (Å²) in [6, 6.07) is 19.1. The van der Waals surface area contributed by atoms with Gasteiger partial charge in [0.25, 0.3) is 6.17 Å². The number of carbonyl (C=O) groups excluding carboxylic acids is 1. The number of hydrogen-bond acceptors (Lipinski definition) is 4. The predicted molar refractivity (Wildman–Crippen MR) is 123 cm³/mol. The number of rotatable bonds is 2. The Bertz CT molecular complexity index is 1410. The van der Waals surface area contributed by atoms with Gasteiger partial charge < -0.3 is 0 Å². The van der Waals surface area contributed by atoms with E-state index in [9.17, 15) is 9.59 Å². The van der Waals surface area contributed by atoms with Gasteiger partial charge in [-0.25, -0.2) is 4.90 Å². The molecule has 0 aliphatic carbocycles. The lowest BCUT2D eigenvalue weighted by molar-refractivity contribution is -0.762. The van der Waals surface area contributed by atoms with Crippen LogP contribution in [0.25, 0.3) is 22.0 Å². The highest BCUT2D eigenvalue weighted by molar-refractivity contribution is 7.98. The third kappa shape index (κ3) is 3.12. The number of benzene rings is 3. The molecule has 0 radical (unpaired) electrons. The Morgan fingerprint density at radius 3 is 2.71 bits per heavy atom. The van der Waals surface area contributed by atoms with Gasteiger partial charge >= 0.3 is 11.3 Å². The van der Waals surface area contributed by atoms with Crippen molar-refractivity contribution in [3.63, 3.8) is 0 Å². The molecule has 1 aliphatic heterocycles. The molecule has 1 aromatic heterocycles. The molecule has 0 bridgehead atoms. The van der Waals surface area contributed by atoms with Crippen LogP contribution in [0.3, 0.4) is 0 Å². The Balaban J connectivity index is 1.92. The van der Waals surface area contributed by atoms with Crippen molar-refractivity contribution >= 4 is 45.7 Å². The fraction of sp³-hybridized carbons (Fsp3) is 0.130. The van der Waals surface area contributed by atoms with Crippen LogP contribution in [0.15, 0.2) is 70.6 Å². The second-order valence-corrected chi connectivity index (χ2v) is 8.48. The van der Waals surface area contributed by atoms with Crippen molar-refractivity contribution < 1.29 is 9.48 Å². The molecule has 1 N–H and O–H groups in total. The van der Waals surface area contributed by atoms with E-state index in [0.29, 0.717) is 27.1 Å². The molecule has 6 nitrogen and oxygen atoms in total. The minimum Gasteiger partial charge on any atom is -0.291 e. The number of halogens is 1. The third-order valence-electron chi connectivity index (χ3n) is 5.45. The Hall–Kier alpha value is -3.16. The standard InChI is InChI=1S/C23H17ClN4O2S/c1-13(29)27-19-11-10-15(24)12-18(19)20-21(30)25-23(31-2)26-28(20)22(27)17-9-5-7-14-6-3-4-8-16(14)17/h3-12,22H,1-2H3/p+1/t22-/m1/s1. The quantitative estimate of drug-likeness (QED) is 0.368. The Kier molecular flexibility index (Phi) is 4.79. The van der Waals surface area contributed by atoms with Crippen LogP contribution >= 0.6 is 23.4 Å². The molecule has 1 amide bonds. The van der Waals surface area contributed by atoms with Gasteiger partial charge in [-0.2, -0.15) is 0 Å². The summed E-state index contributed by atoms with van der Waals surface area (Å²) in [6.45, 7) is 1.52. The number of fused-ring (bicyclic) bond motifs is 4. The number of anilines is 1. The van der Waals surface area contributed by atoms with Gasteiger partial charge in [0, 0.05) is 17.0 Å². The fourth-order valence-electron chi connectivity index (χ4n) is 4.19. The molecule has 154 valence electrons. The highest BCUT2D eigenvalue weighted by atomic mass is 35.5. The Labute approximate surface area is 187 Å². The number of aromatic amines is 1. The first-order valence-electron chi connectivity index (χ1n) is 9.67. The monoisotopic (exact) mass is 449 g/mol. The van der Waals surface area contributed by atoms with E-state index in [-0.39, 0.29) is 11.5 Å². The first kappa shape index (κ1) is 19.8. The first-order chi connectivity index (χ1) is 15.0. The molecular formula is C23H18ClN4O2S+. The van der Waals surface area contributed by atoms with Crippen LogP contribution in [-0.4, -0.2) is 22.2 Å². The Morgan fingerprint density at radius 2 is 1.94 bits per heavy atom. The lowest BCUT2D eigenvalue weighted by atomic mass is 9.97. The number of carbonyl (C=O) groups is 1. The molecule has 0 saturated carbocycles. The third-order valence-corrected chi connectivity index (χ3v) is 6.25. The summed E-state index contributed by atoms with van der Waals surface area (Å²) < 4.78 is 1.65. The molecular weight excluding hydrogens is 432 g/mol. The van der Waals surface area contributed by atoms with Gasteiger partial charge in [-0.3, -0.25) is 14.6 Å². The molecule has 0 saturated heterocycles. The van der Waals surface area contributed by atoms with E-state index in [1.54, 1.807) is 27.8 Å². The smallest absolute Gasteiger partial charge is 0.291 e. The first-order valence-corrected chi connectivity index (χ1v) is 11.3.